The first kappa shape index (κ1) is 17.4. The predicted molar refractivity (Wildman–Crippen MR) is 94.5 cm³/mol. The van der Waals surface area contributed by atoms with Gasteiger partial charge in [-0.3, -0.25) is 9.10 Å². The van der Waals surface area contributed by atoms with E-state index < -0.39 is 10.0 Å². The molecule has 25 heavy (non-hydrogen) atoms. The number of anilines is 1. The largest absolute Gasteiger partial charge is 0.348 e. The van der Waals surface area contributed by atoms with Gasteiger partial charge in [0.2, 0.25) is 10.0 Å². The number of benzene rings is 2. The Balaban J connectivity index is 1.75. The third-order valence-corrected chi connectivity index (χ3v) is 5.49. The number of halogens is 1. The zero-order valence-electron chi connectivity index (χ0n) is 14.0. The average Bonchev–Trinajstić information content (AvgIpc) is 2.88. The molecule has 0 saturated heterocycles. The van der Waals surface area contributed by atoms with E-state index >= 15 is 0 Å². The van der Waals surface area contributed by atoms with Crippen LogP contribution in [0.3, 0.4) is 0 Å². The van der Waals surface area contributed by atoms with Gasteiger partial charge >= 0.3 is 0 Å². The van der Waals surface area contributed by atoms with Crippen LogP contribution in [0.2, 0.25) is 0 Å². The van der Waals surface area contributed by atoms with E-state index in [1.807, 2.05) is 6.92 Å². The fraction of sp³-hybridized carbons (Fsp3) is 0.278. The SMILES string of the molecule is CC1Cc2cc(C(=O)NCc3ccc(F)cc3)ccc2N1S(C)(=O)=O. The highest BCUT2D eigenvalue weighted by Gasteiger charge is 2.32. The number of carbonyl (C=O) groups excluding carboxylic acids is 1. The van der Waals surface area contributed by atoms with Crippen LogP contribution >= 0.6 is 0 Å². The standard InChI is InChI=1S/C18H19FN2O3S/c1-12-9-15-10-14(5-8-17(15)21(12)25(2,23)24)18(22)20-11-13-3-6-16(19)7-4-13/h3-8,10,12H,9,11H2,1-2H3,(H,20,22). The molecule has 1 aliphatic heterocycles. The van der Waals surface area contributed by atoms with E-state index in [2.05, 4.69) is 5.32 Å². The third kappa shape index (κ3) is 3.66. The second-order valence-corrected chi connectivity index (χ2v) is 8.12. The first-order chi connectivity index (χ1) is 11.8. The van der Waals surface area contributed by atoms with Gasteiger partial charge in [-0.1, -0.05) is 12.1 Å². The predicted octanol–water partition coefficient (Wildman–Crippen LogP) is 2.47. The summed E-state index contributed by atoms with van der Waals surface area (Å²) in [5.41, 5.74) is 2.74. The van der Waals surface area contributed by atoms with Crippen molar-refractivity contribution in [3.05, 3.63) is 65.0 Å². The number of sulfonamides is 1. The fourth-order valence-corrected chi connectivity index (χ4v) is 4.40. The Labute approximate surface area is 146 Å². The quantitative estimate of drug-likeness (QED) is 0.909. The number of carbonyl (C=O) groups is 1. The molecule has 5 nitrogen and oxygen atoms in total. The van der Waals surface area contributed by atoms with Gasteiger partial charge in [0.25, 0.3) is 5.91 Å². The van der Waals surface area contributed by atoms with Crippen molar-refractivity contribution in [2.75, 3.05) is 10.6 Å². The summed E-state index contributed by atoms with van der Waals surface area (Å²) < 4.78 is 38.1. The number of hydrogen-bond acceptors (Lipinski definition) is 3. The van der Waals surface area contributed by atoms with Crippen LogP contribution in [0.15, 0.2) is 42.5 Å². The Bertz CT molecular complexity index is 910. The third-order valence-electron chi connectivity index (χ3n) is 4.22. The molecule has 0 saturated carbocycles. The molecule has 132 valence electrons. The molecule has 2 aromatic rings. The maximum atomic E-state index is 12.9. The first-order valence-corrected chi connectivity index (χ1v) is 9.75. The van der Waals surface area contributed by atoms with Crippen LogP contribution in [-0.4, -0.2) is 26.6 Å². The molecule has 0 bridgehead atoms. The topological polar surface area (TPSA) is 66.5 Å². The van der Waals surface area contributed by atoms with Crippen molar-refractivity contribution in [2.24, 2.45) is 0 Å². The molecule has 2 aromatic carbocycles. The lowest BCUT2D eigenvalue weighted by molar-refractivity contribution is 0.0951. The van der Waals surface area contributed by atoms with Crippen molar-refractivity contribution < 1.29 is 17.6 Å². The second kappa shape index (κ2) is 6.48. The zero-order chi connectivity index (χ0) is 18.2. The van der Waals surface area contributed by atoms with Crippen LogP contribution in [0.5, 0.6) is 0 Å². The Morgan fingerprint density at radius 2 is 1.92 bits per heavy atom. The minimum absolute atomic E-state index is 0.164. The number of rotatable bonds is 4. The Morgan fingerprint density at radius 1 is 1.24 bits per heavy atom. The molecule has 0 aromatic heterocycles. The molecule has 1 atom stereocenters. The molecular formula is C18H19FN2O3S. The van der Waals surface area contributed by atoms with E-state index in [1.54, 1.807) is 30.3 Å². The number of fused-ring (bicyclic) bond motifs is 1. The molecule has 1 N–H and O–H groups in total. The van der Waals surface area contributed by atoms with Crippen LogP contribution in [0, 0.1) is 5.82 Å². The lowest BCUT2D eigenvalue weighted by Gasteiger charge is -2.21. The van der Waals surface area contributed by atoms with E-state index in [9.17, 15) is 17.6 Å². The Morgan fingerprint density at radius 3 is 2.56 bits per heavy atom. The summed E-state index contributed by atoms with van der Waals surface area (Å²) >= 11 is 0. The van der Waals surface area contributed by atoms with Crippen LogP contribution in [0.1, 0.15) is 28.4 Å². The molecule has 1 heterocycles. The minimum atomic E-state index is -3.35. The summed E-state index contributed by atoms with van der Waals surface area (Å²) in [6, 6.07) is 10.8. The van der Waals surface area contributed by atoms with Crippen molar-refractivity contribution in [1.82, 2.24) is 5.32 Å². The average molecular weight is 362 g/mol. The summed E-state index contributed by atoms with van der Waals surface area (Å²) in [6.07, 6.45) is 1.75. The monoisotopic (exact) mass is 362 g/mol. The van der Waals surface area contributed by atoms with Gasteiger partial charge in [0.15, 0.2) is 0 Å². The smallest absolute Gasteiger partial charge is 0.251 e. The van der Waals surface area contributed by atoms with E-state index in [4.69, 9.17) is 0 Å². The summed E-state index contributed by atoms with van der Waals surface area (Å²) in [6.45, 7) is 2.14. The van der Waals surface area contributed by atoms with E-state index in [-0.39, 0.29) is 17.8 Å². The van der Waals surface area contributed by atoms with Crippen molar-refractivity contribution in [3.8, 4) is 0 Å². The van der Waals surface area contributed by atoms with Crippen LogP contribution in [0.25, 0.3) is 0 Å². The maximum absolute atomic E-state index is 12.9. The first-order valence-electron chi connectivity index (χ1n) is 7.90. The summed E-state index contributed by atoms with van der Waals surface area (Å²) in [5, 5.41) is 2.79. The lowest BCUT2D eigenvalue weighted by atomic mass is 10.1. The highest BCUT2D eigenvalue weighted by Crippen LogP contribution is 2.34. The van der Waals surface area contributed by atoms with Gasteiger partial charge in [-0.25, -0.2) is 12.8 Å². The molecule has 0 aliphatic carbocycles. The van der Waals surface area contributed by atoms with E-state index in [0.29, 0.717) is 24.2 Å². The molecule has 7 heteroatoms. The van der Waals surface area contributed by atoms with Gasteiger partial charge < -0.3 is 5.32 Å². The molecular weight excluding hydrogens is 343 g/mol. The molecule has 0 radical (unpaired) electrons. The highest BCUT2D eigenvalue weighted by atomic mass is 32.2. The number of nitrogens with one attached hydrogen (secondary N) is 1. The van der Waals surface area contributed by atoms with Gasteiger partial charge in [-0.15, -0.1) is 0 Å². The van der Waals surface area contributed by atoms with Gasteiger partial charge in [-0.05, 0) is 54.8 Å². The molecule has 3 rings (SSSR count). The lowest BCUT2D eigenvalue weighted by Crippen LogP contribution is -2.34. The summed E-state index contributed by atoms with van der Waals surface area (Å²) in [7, 11) is -3.35. The fourth-order valence-electron chi connectivity index (χ4n) is 3.14. The zero-order valence-corrected chi connectivity index (χ0v) is 14.8. The van der Waals surface area contributed by atoms with Crippen LogP contribution in [-0.2, 0) is 23.0 Å². The Hall–Kier alpha value is -2.41. The van der Waals surface area contributed by atoms with Crippen molar-refractivity contribution in [2.45, 2.75) is 25.9 Å². The van der Waals surface area contributed by atoms with Gasteiger partial charge in [0, 0.05) is 18.2 Å². The molecule has 1 aliphatic rings. The van der Waals surface area contributed by atoms with Gasteiger partial charge in [0.05, 0.1) is 11.9 Å². The maximum Gasteiger partial charge on any atom is 0.251 e. The highest BCUT2D eigenvalue weighted by molar-refractivity contribution is 7.92. The summed E-state index contributed by atoms with van der Waals surface area (Å²) in [4.78, 5) is 12.3. The minimum Gasteiger partial charge on any atom is -0.348 e. The summed E-state index contributed by atoms with van der Waals surface area (Å²) in [5.74, 6) is -0.573. The molecule has 0 spiro atoms. The van der Waals surface area contributed by atoms with E-state index in [0.717, 1.165) is 11.1 Å². The number of hydrogen-bond donors (Lipinski definition) is 1. The van der Waals surface area contributed by atoms with Gasteiger partial charge in [0.1, 0.15) is 5.82 Å². The molecule has 0 fully saturated rings. The van der Waals surface area contributed by atoms with Crippen molar-refractivity contribution >= 4 is 21.6 Å². The normalized spacial score (nSPS) is 16.6. The molecule has 1 amide bonds. The second-order valence-electron chi connectivity index (χ2n) is 6.26. The van der Waals surface area contributed by atoms with Crippen LogP contribution < -0.4 is 9.62 Å². The van der Waals surface area contributed by atoms with Crippen molar-refractivity contribution in [3.63, 3.8) is 0 Å². The number of amides is 1. The Kier molecular flexibility index (Phi) is 4.51. The molecule has 1 unspecified atom stereocenters. The number of nitrogens with zero attached hydrogens (tertiary/aromatic N) is 1. The van der Waals surface area contributed by atoms with Gasteiger partial charge in [-0.2, -0.15) is 0 Å². The van der Waals surface area contributed by atoms with Crippen molar-refractivity contribution in [1.29, 1.82) is 0 Å². The van der Waals surface area contributed by atoms with E-state index in [1.165, 1.54) is 22.7 Å². The van der Waals surface area contributed by atoms with Crippen LogP contribution in [0.4, 0.5) is 10.1 Å².